The molecule has 1 saturated heterocycles. The molecule has 2 rings (SSSR count). The zero-order valence-electron chi connectivity index (χ0n) is 9.56. The highest BCUT2D eigenvalue weighted by Crippen LogP contribution is 2.15. The van der Waals surface area contributed by atoms with E-state index in [0.29, 0.717) is 17.6 Å². The second-order valence-corrected chi connectivity index (χ2v) is 4.08. The molecule has 1 unspecified atom stereocenters. The predicted molar refractivity (Wildman–Crippen MR) is 62.4 cm³/mol. The average Bonchev–Trinajstić information content (AvgIpc) is 2.38. The van der Waals surface area contributed by atoms with Gasteiger partial charge in [0.05, 0.1) is 6.61 Å². The van der Waals surface area contributed by atoms with E-state index < -0.39 is 0 Å². The first-order chi connectivity index (χ1) is 8.29. The normalized spacial score (nSPS) is 20.2. The molecule has 1 aliphatic heterocycles. The number of halogens is 1. The van der Waals surface area contributed by atoms with Crippen LogP contribution < -0.4 is 5.46 Å². The van der Waals surface area contributed by atoms with Crippen LogP contribution in [0.3, 0.4) is 0 Å². The number of hydrogen-bond donors (Lipinski definition) is 1. The lowest BCUT2D eigenvalue weighted by Gasteiger charge is -2.23. The number of ether oxygens (including phenoxy) is 2. The van der Waals surface area contributed by atoms with Gasteiger partial charge in [0.2, 0.25) is 0 Å². The van der Waals surface area contributed by atoms with Gasteiger partial charge >= 0.3 is 7.48 Å². The van der Waals surface area contributed by atoms with Crippen molar-refractivity contribution in [1.29, 1.82) is 0 Å². The fraction of sp³-hybridized carbons (Fsp3) is 0.500. The van der Waals surface area contributed by atoms with Crippen LogP contribution in [0.5, 0.6) is 0 Å². The Bertz CT molecular complexity index is 367. The maximum Gasteiger partial charge on any atom is 0.327 e. The van der Waals surface area contributed by atoms with Crippen molar-refractivity contribution < 1.29 is 18.9 Å². The lowest BCUT2D eigenvalue weighted by atomic mass is 9.84. The van der Waals surface area contributed by atoms with Gasteiger partial charge in [-0.05, 0) is 42.4 Å². The van der Waals surface area contributed by atoms with Gasteiger partial charge in [0, 0.05) is 6.61 Å². The molecule has 0 aromatic heterocycles. The molecule has 3 nitrogen and oxygen atoms in total. The van der Waals surface area contributed by atoms with Gasteiger partial charge in [0.25, 0.3) is 0 Å². The van der Waals surface area contributed by atoms with E-state index in [1.54, 1.807) is 0 Å². The SMILES string of the molecule is O[B]c1ccc(F)cc1COC1CCCCO1. The van der Waals surface area contributed by atoms with Gasteiger partial charge in [-0.3, -0.25) is 0 Å². The van der Waals surface area contributed by atoms with E-state index in [1.807, 2.05) is 0 Å². The van der Waals surface area contributed by atoms with E-state index in [1.165, 1.54) is 18.2 Å². The van der Waals surface area contributed by atoms with Crippen LogP contribution >= 0.6 is 0 Å². The molecule has 0 aliphatic carbocycles. The van der Waals surface area contributed by atoms with Crippen molar-refractivity contribution in [1.82, 2.24) is 0 Å². The summed E-state index contributed by atoms with van der Waals surface area (Å²) in [5.41, 5.74) is 1.20. The molecule has 1 radical (unpaired) electrons. The summed E-state index contributed by atoms with van der Waals surface area (Å²) in [4.78, 5) is 0. The quantitative estimate of drug-likeness (QED) is 0.797. The van der Waals surface area contributed by atoms with Crippen LogP contribution in [0.25, 0.3) is 0 Å². The highest BCUT2D eigenvalue weighted by molar-refractivity contribution is 6.46. The van der Waals surface area contributed by atoms with E-state index in [9.17, 15) is 4.39 Å². The highest BCUT2D eigenvalue weighted by Gasteiger charge is 2.15. The molecule has 1 aromatic carbocycles. The van der Waals surface area contributed by atoms with Crippen molar-refractivity contribution in [3.63, 3.8) is 0 Å². The molecule has 91 valence electrons. The first-order valence-corrected chi connectivity index (χ1v) is 5.78. The van der Waals surface area contributed by atoms with Crippen molar-refractivity contribution >= 4 is 12.9 Å². The largest absolute Gasteiger partial charge is 0.450 e. The summed E-state index contributed by atoms with van der Waals surface area (Å²) in [6.45, 7) is 0.960. The summed E-state index contributed by atoms with van der Waals surface area (Å²) in [5, 5.41) is 9.01. The number of rotatable bonds is 4. The van der Waals surface area contributed by atoms with E-state index in [-0.39, 0.29) is 18.7 Å². The van der Waals surface area contributed by atoms with Crippen LogP contribution in [0.4, 0.5) is 4.39 Å². The summed E-state index contributed by atoms with van der Waals surface area (Å²) < 4.78 is 24.0. The Balaban J connectivity index is 1.95. The van der Waals surface area contributed by atoms with Crippen LogP contribution in [0.2, 0.25) is 0 Å². The molecule has 0 bridgehead atoms. The first kappa shape index (κ1) is 12.5. The minimum atomic E-state index is -0.334. The standard InChI is InChI=1S/C12H15BFO3/c14-10-4-5-11(13-15)9(7-10)8-17-12-3-1-2-6-16-12/h4-5,7,12,15H,1-3,6,8H2. The molecule has 17 heavy (non-hydrogen) atoms. The summed E-state index contributed by atoms with van der Waals surface area (Å²) in [6, 6.07) is 4.20. The molecule has 1 fully saturated rings. The third-order valence-corrected chi connectivity index (χ3v) is 2.81. The molecular weight excluding hydrogens is 222 g/mol. The first-order valence-electron chi connectivity index (χ1n) is 5.78. The van der Waals surface area contributed by atoms with Gasteiger partial charge in [-0.2, -0.15) is 0 Å². The smallest absolute Gasteiger partial charge is 0.327 e. The number of benzene rings is 1. The number of hydrogen-bond acceptors (Lipinski definition) is 3. The topological polar surface area (TPSA) is 38.7 Å². The van der Waals surface area contributed by atoms with Crippen LogP contribution in [-0.2, 0) is 16.1 Å². The van der Waals surface area contributed by atoms with Crippen molar-refractivity contribution in [3.05, 3.63) is 29.6 Å². The molecule has 1 aliphatic rings. The fourth-order valence-electron chi connectivity index (χ4n) is 1.85. The van der Waals surface area contributed by atoms with Crippen LogP contribution in [-0.4, -0.2) is 25.4 Å². The average molecular weight is 237 g/mol. The summed E-state index contributed by atoms with van der Waals surface area (Å²) >= 11 is 0. The van der Waals surface area contributed by atoms with Crippen molar-refractivity contribution in [2.75, 3.05) is 6.61 Å². The summed E-state index contributed by atoms with van der Waals surface area (Å²) in [7, 11) is 0.958. The van der Waals surface area contributed by atoms with Crippen molar-refractivity contribution in [2.45, 2.75) is 32.2 Å². The van der Waals surface area contributed by atoms with Crippen molar-refractivity contribution in [3.8, 4) is 0 Å². The Morgan fingerprint density at radius 2 is 2.35 bits per heavy atom. The van der Waals surface area contributed by atoms with Crippen molar-refractivity contribution in [2.24, 2.45) is 0 Å². The van der Waals surface area contributed by atoms with Crippen LogP contribution in [0.15, 0.2) is 18.2 Å². The Morgan fingerprint density at radius 3 is 3.06 bits per heavy atom. The maximum absolute atomic E-state index is 13.1. The van der Waals surface area contributed by atoms with E-state index in [4.69, 9.17) is 14.5 Å². The van der Waals surface area contributed by atoms with E-state index in [2.05, 4.69) is 0 Å². The zero-order valence-corrected chi connectivity index (χ0v) is 9.56. The Morgan fingerprint density at radius 1 is 1.47 bits per heavy atom. The molecule has 1 N–H and O–H groups in total. The second-order valence-electron chi connectivity index (χ2n) is 4.08. The minimum Gasteiger partial charge on any atom is -0.450 e. The van der Waals surface area contributed by atoms with E-state index >= 15 is 0 Å². The third-order valence-electron chi connectivity index (χ3n) is 2.81. The highest BCUT2D eigenvalue weighted by atomic mass is 19.1. The molecule has 0 amide bonds. The molecule has 1 aromatic rings. The molecule has 5 heteroatoms. The Hall–Kier alpha value is -0.905. The third kappa shape index (κ3) is 3.53. The lowest BCUT2D eigenvalue weighted by molar-refractivity contribution is -0.168. The van der Waals surface area contributed by atoms with Gasteiger partial charge in [-0.1, -0.05) is 6.07 Å². The Kier molecular flexibility index (Phi) is 4.53. The lowest BCUT2D eigenvalue weighted by Crippen LogP contribution is -2.25. The fourth-order valence-corrected chi connectivity index (χ4v) is 1.85. The van der Waals surface area contributed by atoms with Gasteiger partial charge in [-0.15, -0.1) is 0 Å². The van der Waals surface area contributed by atoms with Gasteiger partial charge in [0.15, 0.2) is 6.29 Å². The molecule has 0 spiro atoms. The van der Waals surface area contributed by atoms with Crippen LogP contribution in [0, 0.1) is 5.82 Å². The second kappa shape index (κ2) is 6.14. The monoisotopic (exact) mass is 237 g/mol. The maximum atomic E-state index is 13.1. The Labute approximate surface area is 101 Å². The van der Waals surface area contributed by atoms with Gasteiger partial charge in [0.1, 0.15) is 5.82 Å². The zero-order chi connectivity index (χ0) is 12.1. The molecule has 1 atom stereocenters. The molecular formula is C12H15BFO3. The molecule has 1 heterocycles. The predicted octanol–water partition coefficient (Wildman–Crippen LogP) is 1.11. The van der Waals surface area contributed by atoms with Crippen LogP contribution in [0.1, 0.15) is 24.8 Å². The van der Waals surface area contributed by atoms with Gasteiger partial charge < -0.3 is 14.5 Å². The van der Waals surface area contributed by atoms with E-state index in [0.717, 1.165) is 26.7 Å². The molecule has 0 saturated carbocycles. The summed E-state index contributed by atoms with van der Waals surface area (Å²) in [6.07, 6.45) is 2.81. The van der Waals surface area contributed by atoms with Gasteiger partial charge in [-0.25, -0.2) is 4.39 Å². The summed E-state index contributed by atoms with van der Waals surface area (Å²) in [5.74, 6) is -0.334. The minimum absolute atomic E-state index is 0.210.